The van der Waals surface area contributed by atoms with Crippen LogP contribution in [0.5, 0.6) is 0 Å². The summed E-state index contributed by atoms with van der Waals surface area (Å²) in [5, 5.41) is 2.14. The number of nitrogens with zero attached hydrogens (tertiary/aromatic N) is 1. The Balaban J connectivity index is 2.07. The average molecular weight is 282 g/mol. The van der Waals surface area contributed by atoms with Crippen molar-refractivity contribution in [1.29, 1.82) is 0 Å². The van der Waals surface area contributed by atoms with Crippen LogP contribution in [0.3, 0.4) is 0 Å². The summed E-state index contributed by atoms with van der Waals surface area (Å²) < 4.78 is 6.05. The summed E-state index contributed by atoms with van der Waals surface area (Å²) in [4.78, 5) is 3.90. The van der Waals surface area contributed by atoms with Gasteiger partial charge in [-0.1, -0.05) is 6.07 Å². The molecule has 1 aromatic heterocycles. The predicted octanol–water partition coefficient (Wildman–Crippen LogP) is 2.85. The molecule has 1 aliphatic rings. The predicted molar refractivity (Wildman–Crippen MR) is 81.4 cm³/mol. The van der Waals surface area contributed by atoms with Gasteiger partial charge in [0.2, 0.25) is 0 Å². The minimum Gasteiger partial charge on any atom is -0.374 e. The fourth-order valence-corrected chi connectivity index (χ4v) is 3.60. The molecule has 0 saturated carbocycles. The highest BCUT2D eigenvalue weighted by molar-refractivity contribution is 7.09. The number of thiophene rings is 1. The largest absolute Gasteiger partial charge is 0.374 e. The first kappa shape index (κ1) is 15.0. The summed E-state index contributed by atoms with van der Waals surface area (Å²) in [6, 6.07) is 5.12. The lowest BCUT2D eigenvalue weighted by atomic mass is 10.0. The monoisotopic (exact) mass is 282 g/mol. The topological polar surface area (TPSA) is 38.5 Å². The van der Waals surface area contributed by atoms with E-state index in [9.17, 15) is 0 Å². The normalized spacial score (nSPS) is 25.4. The van der Waals surface area contributed by atoms with Gasteiger partial charge in [-0.3, -0.25) is 4.90 Å². The van der Waals surface area contributed by atoms with Crippen molar-refractivity contribution in [3.05, 3.63) is 22.4 Å². The van der Waals surface area contributed by atoms with E-state index in [1.54, 1.807) is 0 Å². The van der Waals surface area contributed by atoms with Crippen LogP contribution < -0.4 is 5.73 Å². The lowest BCUT2D eigenvalue weighted by Crippen LogP contribution is -2.50. The summed E-state index contributed by atoms with van der Waals surface area (Å²) in [5.41, 5.74) is 6.05. The SMILES string of the molecule is CC1CCC(C(CN)N(Cc2cccs2)C(C)C)O1. The second-order valence-corrected chi connectivity index (χ2v) is 6.74. The fraction of sp³-hybridized carbons (Fsp3) is 0.733. The molecule has 3 atom stereocenters. The Bertz CT molecular complexity index is 366. The zero-order valence-corrected chi connectivity index (χ0v) is 13.0. The highest BCUT2D eigenvalue weighted by Crippen LogP contribution is 2.27. The molecule has 1 saturated heterocycles. The van der Waals surface area contributed by atoms with E-state index in [1.165, 1.54) is 4.88 Å². The molecule has 3 unspecified atom stereocenters. The van der Waals surface area contributed by atoms with E-state index < -0.39 is 0 Å². The molecule has 2 rings (SSSR count). The zero-order valence-electron chi connectivity index (χ0n) is 12.2. The molecule has 0 aliphatic carbocycles. The molecule has 4 heteroatoms. The maximum Gasteiger partial charge on any atom is 0.0747 e. The average Bonchev–Trinajstić information content (AvgIpc) is 3.00. The van der Waals surface area contributed by atoms with Crippen LogP contribution in [0.15, 0.2) is 17.5 Å². The molecule has 0 aromatic carbocycles. The minimum atomic E-state index is 0.294. The molecular weight excluding hydrogens is 256 g/mol. The van der Waals surface area contributed by atoms with Gasteiger partial charge in [-0.2, -0.15) is 0 Å². The van der Waals surface area contributed by atoms with Crippen molar-refractivity contribution in [3.63, 3.8) is 0 Å². The van der Waals surface area contributed by atoms with Gasteiger partial charge in [0.15, 0.2) is 0 Å². The third-order valence-corrected chi connectivity index (χ3v) is 4.80. The first-order valence-corrected chi connectivity index (χ1v) is 8.13. The maximum atomic E-state index is 6.05. The van der Waals surface area contributed by atoms with E-state index in [0.717, 1.165) is 19.4 Å². The van der Waals surface area contributed by atoms with Gasteiger partial charge in [0.05, 0.1) is 12.2 Å². The van der Waals surface area contributed by atoms with E-state index in [1.807, 2.05) is 11.3 Å². The van der Waals surface area contributed by atoms with Gasteiger partial charge >= 0.3 is 0 Å². The first-order chi connectivity index (χ1) is 9.11. The summed E-state index contributed by atoms with van der Waals surface area (Å²) in [6.45, 7) is 8.29. The highest BCUT2D eigenvalue weighted by Gasteiger charge is 2.33. The van der Waals surface area contributed by atoms with Crippen LogP contribution in [-0.2, 0) is 11.3 Å². The molecular formula is C15H26N2OS. The van der Waals surface area contributed by atoms with Crippen molar-refractivity contribution in [3.8, 4) is 0 Å². The quantitative estimate of drug-likeness (QED) is 0.872. The van der Waals surface area contributed by atoms with Crippen LogP contribution in [0.25, 0.3) is 0 Å². The molecule has 1 fully saturated rings. The number of ether oxygens (including phenoxy) is 1. The molecule has 19 heavy (non-hydrogen) atoms. The van der Waals surface area contributed by atoms with E-state index >= 15 is 0 Å². The highest BCUT2D eigenvalue weighted by atomic mass is 32.1. The van der Waals surface area contributed by atoms with Gasteiger partial charge in [0.25, 0.3) is 0 Å². The van der Waals surface area contributed by atoms with Crippen LogP contribution in [0.4, 0.5) is 0 Å². The summed E-state index contributed by atoms with van der Waals surface area (Å²) in [5.74, 6) is 0. The Labute approximate surface area is 120 Å². The van der Waals surface area contributed by atoms with Gasteiger partial charge in [-0.05, 0) is 45.1 Å². The van der Waals surface area contributed by atoms with Gasteiger partial charge in [0.1, 0.15) is 0 Å². The zero-order chi connectivity index (χ0) is 13.8. The summed E-state index contributed by atoms with van der Waals surface area (Å²) in [6.07, 6.45) is 2.97. The third-order valence-electron chi connectivity index (χ3n) is 3.94. The molecule has 0 radical (unpaired) electrons. The van der Waals surface area contributed by atoms with E-state index in [-0.39, 0.29) is 0 Å². The van der Waals surface area contributed by atoms with Crippen LogP contribution >= 0.6 is 11.3 Å². The van der Waals surface area contributed by atoms with E-state index in [0.29, 0.717) is 30.8 Å². The molecule has 3 nitrogen and oxygen atoms in total. The Hall–Kier alpha value is -0.420. The number of nitrogens with two attached hydrogens (primary N) is 1. The lowest BCUT2D eigenvalue weighted by molar-refractivity contribution is -0.0162. The molecule has 0 bridgehead atoms. The molecule has 1 aliphatic heterocycles. The minimum absolute atomic E-state index is 0.294. The van der Waals surface area contributed by atoms with Crippen molar-refractivity contribution < 1.29 is 4.74 Å². The standard InChI is InChI=1S/C15H26N2OS/c1-11(2)17(10-13-5-4-8-19-13)14(9-16)15-7-6-12(3)18-15/h4-5,8,11-12,14-15H,6-7,9-10,16H2,1-3H3. The Kier molecular flexibility index (Phi) is 5.39. The number of rotatable bonds is 6. The van der Waals surface area contributed by atoms with E-state index in [2.05, 4.69) is 43.2 Å². The van der Waals surface area contributed by atoms with Crippen LogP contribution in [0, 0.1) is 0 Å². The molecule has 2 N–H and O–H groups in total. The van der Waals surface area contributed by atoms with Gasteiger partial charge in [-0.15, -0.1) is 11.3 Å². The summed E-state index contributed by atoms with van der Waals surface area (Å²) in [7, 11) is 0. The molecule has 1 aromatic rings. The Morgan fingerprint density at radius 2 is 2.26 bits per heavy atom. The second kappa shape index (κ2) is 6.84. The van der Waals surface area contributed by atoms with Crippen LogP contribution in [-0.4, -0.2) is 35.7 Å². The van der Waals surface area contributed by atoms with Crippen molar-refractivity contribution in [2.75, 3.05) is 6.54 Å². The van der Waals surface area contributed by atoms with Crippen LogP contribution in [0.2, 0.25) is 0 Å². The third kappa shape index (κ3) is 3.78. The van der Waals surface area contributed by atoms with Crippen molar-refractivity contribution >= 4 is 11.3 Å². The molecule has 0 spiro atoms. The van der Waals surface area contributed by atoms with Gasteiger partial charge in [-0.25, -0.2) is 0 Å². The van der Waals surface area contributed by atoms with Gasteiger partial charge in [0, 0.05) is 30.1 Å². The smallest absolute Gasteiger partial charge is 0.0747 e. The maximum absolute atomic E-state index is 6.05. The van der Waals surface area contributed by atoms with Gasteiger partial charge < -0.3 is 10.5 Å². The summed E-state index contributed by atoms with van der Waals surface area (Å²) >= 11 is 1.82. The fourth-order valence-electron chi connectivity index (χ4n) is 2.88. The Morgan fingerprint density at radius 1 is 1.47 bits per heavy atom. The van der Waals surface area contributed by atoms with Crippen molar-refractivity contribution in [2.45, 2.75) is 64.4 Å². The Morgan fingerprint density at radius 3 is 2.74 bits per heavy atom. The molecule has 108 valence electrons. The van der Waals surface area contributed by atoms with Crippen molar-refractivity contribution in [2.24, 2.45) is 5.73 Å². The molecule has 0 amide bonds. The second-order valence-electron chi connectivity index (χ2n) is 5.71. The number of hydrogen-bond acceptors (Lipinski definition) is 4. The number of hydrogen-bond donors (Lipinski definition) is 1. The van der Waals surface area contributed by atoms with Crippen LogP contribution in [0.1, 0.15) is 38.5 Å². The van der Waals surface area contributed by atoms with Crippen molar-refractivity contribution in [1.82, 2.24) is 4.90 Å². The lowest BCUT2D eigenvalue weighted by Gasteiger charge is -2.37. The van der Waals surface area contributed by atoms with E-state index in [4.69, 9.17) is 10.5 Å². The first-order valence-electron chi connectivity index (χ1n) is 7.25. The molecule has 2 heterocycles.